The van der Waals surface area contributed by atoms with Gasteiger partial charge < -0.3 is 20.1 Å². The average molecular weight is 400 g/mol. The van der Waals surface area contributed by atoms with Crippen molar-refractivity contribution >= 4 is 23.1 Å². The average Bonchev–Trinajstić information content (AvgIpc) is 3.12. The number of likely N-dealkylation sites (tertiary alicyclic amines) is 1. The molecule has 0 radical (unpaired) electrons. The number of anilines is 1. The number of thiophene rings is 1. The Morgan fingerprint density at radius 3 is 2.75 bits per heavy atom. The molecule has 1 amide bonds. The number of piperidine rings is 1. The van der Waals surface area contributed by atoms with Gasteiger partial charge in [-0.05, 0) is 43.5 Å². The summed E-state index contributed by atoms with van der Waals surface area (Å²) in [6.45, 7) is 5.27. The molecule has 5 heterocycles. The number of nitrogens with zero attached hydrogens (tertiary/aromatic N) is 2. The minimum atomic E-state index is -0.336. The maximum Gasteiger partial charge on any atom is 0.233 e. The van der Waals surface area contributed by atoms with E-state index in [9.17, 15) is 4.79 Å². The van der Waals surface area contributed by atoms with E-state index < -0.39 is 0 Å². The lowest BCUT2D eigenvalue weighted by atomic mass is 9.80. The second kappa shape index (κ2) is 6.54. The highest BCUT2D eigenvalue weighted by molar-refractivity contribution is 7.15. The first-order valence-corrected chi connectivity index (χ1v) is 10.7. The fraction of sp³-hybridized carbons (Fsp3) is 0.524. The minimum absolute atomic E-state index is 0.222. The Bertz CT molecular complexity index is 913. The second-order valence-corrected chi connectivity index (χ2v) is 9.47. The third-order valence-corrected chi connectivity index (χ3v) is 7.46. The van der Waals surface area contributed by atoms with Gasteiger partial charge in [-0.3, -0.25) is 4.79 Å². The maximum atomic E-state index is 12.8. The Balaban J connectivity index is 1.39. The van der Waals surface area contributed by atoms with Crippen LogP contribution in [0, 0.1) is 5.41 Å². The monoisotopic (exact) mass is 399 g/mol. The molecule has 2 saturated heterocycles. The number of ether oxygens (including phenoxy) is 2. The van der Waals surface area contributed by atoms with Crippen LogP contribution in [0.25, 0.3) is 10.6 Å². The topological polar surface area (TPSA) is 77.7 Å². The third-order valence-electron chi connectivity index (χ3n) is 6.25. The number of nitrogens with two attached hydrogens (primary N) is 1. The molecule has 28 heavy (non-hydrogen) atoms. The van der Waals surface area contributed by atoms with Crippen LogP contribution in [0.3, 0.4) is 0 Å². The molecule has 3 aliphatic rings. The zero-order chi connectivity index (χ0) is 19.4. The van der Waals surface area contributed by atoms with Crippen molar-refractivity contribution in [1.29, 1.82) is 0 Å². The lowest BCUT2D eigenvalue weighted by Crippen LogP contribution is -2.57. The lowest BCUT2D eigenvalue weighted by Gasteiger charge is -2.47. The first kappa shape index (κ1) is 18.1. The number of amides is 1. The molecule has 5 rings (SSSR count). The first-order chi connectivity index (χ1) is 13.5. The number of fused-ring (bicyclic) bond motifs is 2. The number of carbonyl (C=O) groups is 1. The van der Waals surface area contributed by atoms with Gasteiger partial charge >= 0.3 is 0 Å². The highest BCUT2D eigenvalue weighted by Gasteiger charge is 2.48. The number of carbonyl (C=O) groups excluding carboxylic acids is 1. The molecule has 148 valence electrons. The van der Waals surface area contributed by atoms with Gasteiger partial charge in [0, 0.05) is 24.4 Å². The minimum Gasteiger partial charge on any atom is -0.384 e. The van der Waals surface area contributed by atoms with Gasteiger partial charge in [0.15, 0.2) is 0 Å². The van der Waals surface area contributed by atoms with Gasteiger partial charge in [-0.15, -0.1) is 11.3 Å². The van der Waals surface area contributed by atoms with Crippen molar-refractivity contribution in [3.05, 3.63) is 34.7 Å². The summed E-state index contributed by atoms with van der Waals surface area (Å²) in [6.07, 6.45) is 2.61. The number of hydrogen-bond acceptors (Lipinski definition) is 6. The van der Waals surface area contributed by atoms with Crippen LogP contribution < -0.4 is 5.73 Å². The lowest BCUT2D eigenvalue weighted by molar-refractivity contribution is -0.174. The van der Waals surface area contributed by atoms with Crippen LogP contribution in [-0.2, 0) is 26.3 Å². The van der Waals surface area contributed by atoms with Crippen molar-refractivity contribution in [3.63, 3.8) is 0 Å². The summed E-state index contributed by atoms with van der Waals surface area (Å²) in [5.74, 6) is 0.759. The number of rotatable bonds is 2. The molecule has 6 nitrogen and oxygen atoms in total. The normalized spacial score (nSPS) is 22.5. The number of aromatic nitrogens is 1. The van der Waals surface area contributed by atoms with Gasteiger partial charge in [0.25, 0.3) is 0 Å². The number of pyridine rings is 1. The zero-order valence-electron chi connectivity index (χ0n) is 16.1. The molecule has 0 aliphatic carbocycles. The van der Waals surface area contributed by atoms with E-state index >= 15 is 0 Å². The fourth-order valence-corrected chi connectivity index (χ4v) is 5.73. The molecule has 0 saturated carbocycles. The molecule has 2 aromatic heterocycles. The van der Waals surface area contributed by atoms with E-state index in [1.807, 2.05) is 30.0 Å². The largest absolute Gasteiger partial charge is 0.384 e. The van der Waals surface area contributed by atoms with Gasteiger partial charge in [-0.2, -0.15) is 0 Å². The molecule has 0 bridgehead atoms. The molecule has 1 spiro atoms. The Labute approximate surface area is 168 Å². The van der Waals surface area contributed by atoms with E-state index in [0.29, 0.717) is 19.0 Å². The van der Waals surface area contributed by atoms with E-state index in [4.69, 9.17) is 15.2 Å². The van der Waals surface area contributed by atoms with E-state index in [-0.39, 0.29) is 16.9 Å². The van der Waals surface area contributed by atoms with Gasteiger partial charge in [0.1, 0.15) is 5.82 Å². The van der Waals surface area contributed by atoms with E-state index in [0.717, 1.165) is 49.5 Å². The SMILES string of the molecule is CC1(C(=O)N2CCC3(CC2)OCCc2sc(-c4cccc(N)n4)cc23)COC1. The van der Waals surface area contributed by atoms with Crippen LogP contribution in [0.4, 0.5) is 5.82 Å². The standard InChI is InChI=1S/C21H25N3O3S/c1-20(12-26-13-20)19(25)24-8-6-21(7-9-24)14-11-17(28-16(14)5-10-27-21)15-3-2-4-18(22)23-15/h2-4,11H,5-10,12-13H2,1H3,(H2,22,23). The molecule has 0 aromatic carbocycles. The van der Waals surface area contributed by atoms with Crippen LogP contribution in [0.15, 0.2) is 24.3 Å². The molecule has 7 heteroatoms. The molecule has 2 N–H and O–H groups in total. The predicted octanol–water partition coefficient (Wildman–Crippen LogP) is 2.82. The highest BCUT2D eigenvalue weighted by Crippen LogP contribution is 2.47. The van der Waals surface area contributed by atoms with E-state index in [1.54, 1.807) is 11.3 Å². The Morgan fingerprint density at radius 2 is 2.07 bits per heavy atom. The molecule has 0 unspecified atom stereocenters. The van der Waals surface area contributed by atoms with E-state index in [1.165, 1.54) is 10.4 Å². The van der Waals surface area contributed by atoms with Gasteiger partial charge in [0.05, 0.1) is 41.4 Å². The van der Waals surface area contributed by atoms with E-state index in [2.05, 4.69) is 11.1 Å². The molecule has 3 aliphatic heterocycles. The quantitative estimate of drug-likeness (QED) is 0.840. The summed E-state index contributed by atoms with van der Waals surface area (Å²) in [7, 11) is 0. The van der Waals surface area contributed by atoms with Crippen LogP contribution in [0.1, 0.15) is 30.2 Å². The van der Waals surface area contributed by atoms with Crippen molar-refractivity contribution < 1.29 is 14.3 Å². The van der Waals surface area contributed by atoms with Gasteiger partial charge in [-0.1, -0.05) is 6.07 Å². The first-order valence-electron chi connectivity index (χ1n) is 9.86. The maximum absolute atomic E-state index is 12.8. The summed E-state index contributed by atoms with van der Waals surface area (Å²) in [5.41, 5.74) is 7.46. The Morgan fingerprint density at radius 1 is 1.29 bits per heavy atom. The number of hydrogen-bond donors (Lipinski definition) is 1. The van der Waals surface area contributed by atoms with Crippen LogP contribution in [0.2, 0.25) is 0 Å². The second-order valence-electron chi connectivity index (χ2n) is 8.33. The summed E-state index contributed by atoms with van der Waals surface area (Å²) in [6, 6.07) is 7.99. The molecule has 2 fully saturated rings. The third kappa shape index (κ3) is 2.84. The van der Waals surface area contributed by atoms with Crippen molar-refractivity contribution in [2.75, 3.05) is 38.6 Å². The van der Waals surface area contributed by atoms with Crippen LogP contribution in [-0.4, -0.2) is 48.7 Å². The zero-order valence-corrected chi connectivity index (χ0v) is 16.9. The Hall–Kier alpha value is -1.96. The van der Waals surface area contributed by atoms with Crippen molar-refractivity contribution in [1.82, 2.24) is 9.88 Å². The number of nitrogen functional groups attached to an aromatic ring is 1. The van der Waals surface area contributed by atoms with Crippen molar-refractivity contribution in [3.8, 4) is 10.6 Å². The van der Waals surface area contributed by atoms with Crippen molar-refractivity contribution in [2.45, 2.75) is 31.8 Å². The summed E-state index contributed by atoms with van der Waals surface area (Å²) >= 11 is 1.79. The highest BCUT2D eigenvalue weighted by atomic mass is 32.1. The molecular weight excluding hydrogens is 374 g/mol. The molecule has 2 aromatic rings. The van der Waals surface area contributed by atoms with Crippen LogP contribution in [0.5, 0.6) is 0 Å². The summed E-state index contributed by atoms with van der Waals surface area (Å²) in [5, 5.41) is 0. The van der Waals surface area contributed by atoms with Crippen LogP contribution >= 0.6 is 11.3 Å². The smallest absolute Gasteiger partial charge is 0.233 e. The summed E-state index contributed by atoms with van der Waals surface area (Å²) < 4.78 is 11.6. The Kier molecular flexibility index (Phi) is 4.23. The predicted molar refractivity (Wildman–Crippen MR) is 108 cm³/mol. The van der Waals surface area contributed by atoms with Gasteiger partial charge in [-0.25, -0.2) is 4.98 Å². The summed E-state index contributed by atoms with van der Waals surface area (Å²) in [4.78, 5) is 21.8. The van der Waals surface area contributed by atoms with Crippen molar-refractivity contribution in [2.24, 2.45) is 5.41 Å². The van der Waals surface area contributed by atoms with Gasteiger partial charge in [0.2, 0.25) is 5.91 Å². The molecular formula is C21H25N3O3S. The molecule has 0 atom stereocenters. The fourth-order valence-electron chi connectivity index (χ4n) is 4.53.